The molecule has 2 aliphatic heterocycles. The van der Waals surface area contributed by atoms with E-state index < -0.39 is 0 Å². The molecule has 3 aromatic heterocycles. The van der Waals surface area contributed by atoms with E-state index in [1.165, 1.54) is 59.2 Å². The quantitative estimate of drug-likeness (QED) is 0.153. The zero-order chi connectivity index (χ0) is 65.0. The van der Waals surface area contributed by atoms with Crippen molar-refractivity contribution in [1.29, 1.82) is 10.5 Å². The van der Waals surface area contributed by atoms with Crippen LogP contribution in [0.1, 0.15) is 11.1 Å². The number of aromatic nitrogens is 3. The number of nitriles is 2. The van der Waals surface area contributed by atoms with E-state index in [1.807, 2.05) is 78.9 Å². The van der Waals surface area contributed by atoms with E-state index in [0.717, 1.165) is 139 Å². The Bertz CT molecular complexity index is 6130. The average molecular weight is 1250 g/mol. The van der Waals surface area contributed by atoms with Gasteiger partial charge >= 0.3 is 0 Å². The van der Waals surface area contributed by atoms with Crippen molar-refractivity contribution in [3.8, 4) is 125 Å². The molecule has 7 nitrogen and oxygen atoms in total. The molecule has 0 amide bonds. The Balaban J connectivity index is 0.000000137. The van der Waals surface area contributed by atoms with Gasteiger partial charge in [0.25, 0.3) is 0 Å². The first kappa shape index (κ1) is 56.0. The zero-order valence-corrected chi connectivity index (χ0v) is 52.5. The van der Waals surface area contributed by atoms with Crippen LogP contribution in [0.2, 0.25) is 0 Å². The minimum Gasteiger partial charge on any atom is -0.456 e. The Hall–Kier alpha value is -13.6. The number of nitrogens with zero attached hydrogens (tertiary/aromatic N) is 5. The molecule has 20 rings (SSSR count). The van der Waals surface area contributed by atoms with Gasteiger partial charge < -0.3 is 9.47 Å². The van der Waals surface area contributed by atoms with Crippen molar-refractivity contribution in [2.24, 2.45) is 0 Å². The number of pyridine rings is 3. The zero-order valence-electron chi connectivity index (χ0n) is 52.5. The van der Waals surface area contributed by atoms with E-state index in [9.17, 15) is 10.5 Å². The predicted octanol–water partition coefficient (Wildman–Crippen LogP) is 24.1. The largest absolute Gasteiger partial charge is 0.456 e. The van der Waals surface area contributed by atoms with Gasteiger partial charge in [-0.15, -0.1) is 0 Å². The fourth-order valence-corrected chi connectivity index (χ4v) is 15.2. The molecule has 0 aliphatic carbocycles. The summed E-state index contributed by atoms with van der Waals surface area (Å²) in [6.45, 7) is 0. The fourth-order valence-electron chi connectivity index (χ4n) is 15.2. The first-order valence-electron chi connectivity index (χ1n) is 32.7. The van der Waals surface area contributed by atoms with Crippen molar-refractivity contribution in [2.75, 3.05) is 0 Å². The Morgan fingerprint density at radius 2 is 0.571 bits per heavy atom. The molecule has 0 radical (unpaired) electrons. The van der Waals surface area contributed by atoms with Crippen molar-refractivity contribution < 1.29 is 9.47 Å². The monoisotopic (exact) mass is 1250 g/mol. The molecule has 0 spiro atoms. The standard InChI is InChI=1S/C46H26N2O.C45H25N3O/c47-27-30-21-23-37-36-22-20-29(24-45(36)49-44-19-8-16-31(30)46(37)44)38-25-39-34-14-6-7-15-35(34)41(26-40(39)33-13-5-4-12-32(33)38)43-18-9-17-42(48-43)28-10-2-1-3-11-28;46-26-29-16-18-36-35-17-15-28(23-44(35)49-43-14-5-11-30(29)45(36)43)37-24-38-33-9-3-4-10-34(33)40(25-39(38)32-8-2-1-7-31(32)37)42-13-6-12-41(48-42)27-19-21-47-22-20-27/h1-26H;1-25H. The second kappa shape index (κ2) is 22.6. The van der Waals surface area contributed by atoms with Crippen molar-refractivity contribution in [2.45, 2.75) is 0 Å². The van der Waals surface area contributed by atoms with E-state index >= 15 is 0 Å². The van der Waals surface area contributed by atoms with Gasteiger partial charge in [0, 0.05) is 67.3 Å². The molecule has 452 valence electrons. The highest BCUT2D eigenvalue weighted by Gasteiger charge is 2.26. The summed E-state index contributed by atoms with van der Waals surface area (Å²) >= 11 is 0. The molecule has 0 fully saturated rings. The lowest BCUT2D eigenvalue weighted by Gasteiger charge is -2.23. The van der Waals surface area contributed by atoms with Crippen LogP contribution in [0, 0.1) is 22.7 Å². The minimum atomic E-state index is 0.652. The molecular formula is C91H51N5O2. The van der Waals surface area contributed by atoms with E-state index in [1.54, 1.807) is 12.4 Å². The molecule has 0 saturated heterocycles. The molecule has 98 heavy (non-hydrogen) atoms. The number of hydrogen-bond acceptors (Lipinski definition) is 7. The minimum absolute atomic E-state index is 0.652. The van der Waals surface area contributed by atoms with E-state index in [4.69, 9.17) is 19.4 Å². The molecule has 7 heteroatoms. The van der Waals surface area contributed by atoms with Gasteiger partial charge in [0.05, 0.1) is 46.0 Å². The lowest BCUT2D eigenvalue weighted by molar-refractivity contribution is 0.487. The Morgan fingerprint density at radius 1 is 0.224 bits per heavy atom. The normalized spacial score (nSPS) is 11.8. The third-order valence-electron chi connectivity index (χ3n) is 19.7. The molecule has 18 aromatic rings. The highest BCUT2D eigenvalue weighted by molar-refractivity contribution is 6.26. The molecule has 0 bridgehead atoms. The molecule has 0 atom stereocenters. The van der Waals surface area contributed by atoms with Crippen molar-refractivity contribution in [3.63, 3.8) is 0 Å². The molecular weight excluding hydrogens is 1200 g/mol. The van der Waals surface area contributed by atoms with Gasteiger partial charge in [-0.05, 0) is 207 Å². The predicted molar refractivity (Wildman–Crippen MR) is 399 cm³/mol. The summed E-state index contributed by atoms with van der Waals surface area (Å²) in [5.41, 5.74) is 18.1. The summed E-state index contributed by atoms with van der Waals surface area (Å²) in [5.74, 6) is 3.18. The van der Waals surface area contributed by atoms with Crippen LogP contribution in [0.25, 0.3) is 176 Å². The summed E-state index contributed by atoms with van der Waals surface area (Å²) in [7, 11) is 0. The third kappa shape index (κ3) is 9.00. The lowest BCUT2D eigenvalue weighted by atomic mass is 9.87. The van der Waals surface area contributed by atoms with Crippen LogP contribution in [0.15, 0.2) is 310 Å². The number of rotatable bonds is 6. The van der Waals surface area contributed by atoms with Crippen LogP contribution in [0.5, 0.6) is 23.0 Å². The van der Waals surface area contributed by atoms with Crippen molar-refractivity contribution >= 4 is 86.2 Å². The maximum Gasteiger partial charge on any atom is 0.135 e. The molecule has 0 unspecified atom stereocenters. The van der Waals surface area contributed by atoms with Crippen LogP contribution in [-0.2, 0) is 0 Å². The summed E-state index contributed by atoms with van der Waals surface area (Å²) in [6, 6.07) is 108. The summed E-state index contributed by atoms with van der Waals surface area (Å²) in [4.78, 5) is 14.5. The molecule has 0 N–H and O–H groups in total. The highest BCUT2D eigenvalue weighted by Crippen LogP contribution is 2.52. The molecule has 15 aromatic carbocycles. The van der Waals surface area contributed by atoms with Gasteiger partial charge in [0.1, 0.15) is 23.0 Å². The molecule has 5 heterocycles. The first-order valence-corrected chi connectivity index (χ1v) is 32.7. The van der Waals surface area contributed by atoms with Crippen molar-refractivity contribution in [3.05, 3.63) is 321 Å². The maximum absolute atomic E-state index is 9.73. The smallest absolute Gasteiger partial charge is 0.135 e. The van der Waals surface area contributed by atoms with E-state index in [0.29, 0.717) is 11.1 Å². The van der Waals surface area contributed by atoms with Gasteiger partial charge in [-0.2, -0.15) is 10.5 Å². The van der Waals surface area contributed by atoms with E-state index in [2.05, 4.69) is 236 Å². The number of ether oxygens (including phenoxy) is 2. The molecule has 2 aliphatic rings. The second-order valence-corrected chi connectivity index (χ2v) is 25.0. The number of benzene rings is 15. The van der Waals surface area contributed by atoms with Crippen LogP contribution in [0.4, 0.5) is 0 Å². The Morgan fingerprint density at radius 3 is 1.00 bits per heavy atom. The van der Waals surface area contributed by atoms with Gasteiger partial charge in [-0.25, -0.2) is 9.97 Å². The van der Waals surface area contributed by atoms with Gasteiger partial charge in [-0.3, -0.25) is 4.98 Å². The van der Waals surface area contributed by atoms with Crippen LogP contribution in [-0.4, -0.2) is 15.0 Å². The maximum atomic E-state index is 9.73. The Kier molecular flexibility index (Phi) is 12.9. The second-order valence-electron chi connectivity index (χ2n) is 25.0. The van der Waals surface area contributed by atoms with Crippen molar-refractivity contribution in [1.82, 2.24) is 15.0 Å². The highest BCUT2D eigenvalue weighted by atomic mass is 16.5. The number of hydrogen-bond donors (Lipinski definition) is 0. The fraction of sp³-hybridized carbons (Fsp3) is 0. The number of fused-ring (bicyclic) bond motifs is 14. The van der Waals surface area contributed by atoms with E-state index in [-0.39, 0.29) is 0 Å². The third-order valence-corrected chi connectivity index (χ3v) is 19.7. The topological polar surface area (TPSA) is 105 Å². The first-order chi connectivity index (χ1) is 48.5. The van der Waals surface area contributed by atoms with Gasteiger partial charge in [0.2, 0.25) is 0 Å². The lowest BCUT2D eigenvalue weighted by Crippen LogP contribution is -1.98. The Labute approximate surface area is 563 Å². The van der Waals surface area contributed by atoms with Gasteiger partial charge in [-0.1, -0.05) is 188 Å². The van der Waals surface area contributed by atoms with Crippen LogP contribution in [0.3, 0.4) is 0 Å². The van der Waals surface area contributed by atoms with Crippen LogP contribution >= 0.6 is 0 Å². The summed E-state index contributed by atoms with van der Waals surface area (Å²) in [6.07, 6.45) is 3.61. The SMILES string of the molecule is N#Cc1ccc2c3c(cccc13)Oc1cc(-c3cc4c5ccccc5c(-c5cccc(-c6ccccc6)n5)cc4c4ccccc34)ccc1-2.N#Cc1ccc2c3c(cccc13)Oc1cc(-c3cc4c5ccccc5c(-c5cccc(-c6ccncc6)n5)cc4c4ccccc34)ccc1-2. The molecule has 0 saturated carbocycles. The van der Waals surface area contributed by atoms with Gasteiger partial charge in [0.15, 0.2) is 0 Å². The average Bonchev–Trinajstić information content (AvgIpc) is 0.741. The van der Waals surface area contributed by atoms with Crippen LogP contribution < -0.4 is 9.47 Å². The summed E-state index contributed by atoms with van der Waals surface area (Å²) < 4.78 is 13.1. The summed E-state index contributed by atoms with van der Waals surface area (Å²) in [5, 5.41) is 37.5.